The molecule has 1 amide bonds. The summed E-state index contributed by atoms with van der Waals surface area (Å²) in [5.74, 6) is -0.656. The van der Waals surface area contributed by atoms with Crippen LogP contribution in [0.25, 0.3) is 0 Å². The van der Waals surface area contributed by atoms with Crippen LogP contribution in [0.15, 0.2) is 48.5 Å². The number of carbonyl (C=O) groups excluding carboxylic acids is 1. The summed E-state index contributed by atoms with van der Waals surface area (Å²) < 4.78 is 14.0. The summed E-state index contributed by atoms with van der Waals surface area (Å²) in [6, 6.07) is 14.8. The first kappa shape index (κ1) is 19.5. The van der Waals surface area contributed by atoms with Gasteiger partial charge < -0.3 is 0 Å². The normalized spacial score (nSPS) is 21.2. The predicted molar refractivity (Wildman–Crippen MR) is 102 cm³/mol. The fraction of sp³-hybridized carbons (Fsp3) is 0.381. The van der Waals surface area contributed by atoms with Gasteiger partial charge in [-0.15, -0.1) is 0 Å². The molecular formula is C21H26FN3O2. The van der Waals surface area contributed by atoms with Gasteiger partial charge in [0.05, 0.1) is 0 Å². The number of amides is 1. The molecule has 1 heterocycles. The standard InChI is InChI=1S/C21H26FN3O2/c1-15-11-24(13-17-7-9-18(10-8-17)21(26)23-27)12-16(2)25(15)14-19-5-3-4-6-20(19)22/h3-10,15-16,27H,11-14H2,1-2H3,(H,23,26). The molecule has 2 aromatic carbocycles. The van der Waals surface area contributed by atoms with Crippen LogP contribution in [-0.4, -0.2) is 46.1 Å². The summed E-state index contributed by atoms with van der Waals surface area (Å²) in [7, 11) is 0. The Morgan fingerprint density at radius 3 is 2.30 bits per heavy atom. The Morgan fingerprint density at radius 1 is 1.07 bits per heavy atom. The van der Waals surface area contributed by atoms with Crippen LogP contribution < -0.4 is 5.48 Å². The first-order valence-corrected chi connectivity index (χ1v) is 9.23. The molecule has 3 rings (SSSR count). The highest BCUT2D eigenvalue weighted by Crippen LogP contribution is 2.21. The summed E-state index contributed by atoms with van der Waals surface area (Å²) >= 11 is 0. The van der Waals surface area contributed by atoms with Crippen molar-refractivity contribution < 1.29 is 14.4 Å². The van der Waals surface area contributed by atoms with Crippen molar-refractivity contribution in [3.8, 4) is 0 Å². The Morgan fingerprint density at radius 2 is 1.70 bits per heavy atom. The van der Waals surface area contributed by atoms with Crippen molar-refractivity contribution in [2.75, 3.05) is 13.1 Å². The van der Waals surface area contributed by atoms with Crippen molar-refractivity contribution >= 4 is 5.91 Å². The molecule has 0 bridgehead atoms. The monoisotopic (exact) mass is 371 g/mol. The predicted octanol–water partition coefficient (Wildman–Crippen LogP) is 3.04. The molecule has 0 aliphatic carbocycles. The molecule has 0 radical (unpaired) electrons. The van der Waals surface area contributed by atoms with Crippen LogP contribution >= 0.6 is 0 Å². The Kier molecular flexibility index (Phi) is 6.21. The molecule has 2 unspecified atom stereocenters. The van der Waals surface area contributed by atoms with Gasteiger partial charge in [-0.25, -0.2) is 9.87 Å². The molecule has 5 nitrogen and oxygen atoms in total. The van der Waals surface area contributed by atoms with Crippen molar-refractivity contribution in [3.63, 3.8) is 0 Å². The van der Waals surface area contributed by atoms with Crippen LogP contribution in [0.1, 0.15) is 35.3 Å². The minimum Gasteiger partial charge on any atom is -0.296 e. The lowest BCUT2D eigenvalue weighted by Gasteiger charge is -2.44. The third-order valence-electron chi connectivity index (χ3n) is 5.21. The largest absolute Gasteiger partial charge is 0.296 e. The minimum atomic E-state index is -0.509. The zero-order valence-corrected chi connectivity index (χ0v) is 15.7. The number of nitrogens with one attached hydrogen (secondary N) is 1. The number of carbonyl (C=O) groups is 1. The third kappa shape index (κ3) is 4.71. The maximum absolute atomic E-state index is 14.0. The van der Waals surface area contributed by atoms with E-state index in [-0.39, 0.29) is 5.82 Å². The number of benzene rings is 2. The summed E-state index contributed by atoms with van der Waals surface area (Å²) in [5.41, 5.74) is 3.92. The molecule has 144 valence electrons. The SMILES string of the molecule is CC1CN(Cc2ccc(C(=O)NO)cc2)CC(C)N1Cc1ccccc1F. The van der Waals surface area contributed by atoms with E-state index < -0.39 is 5.91 Å². The first-order valence-electron chi connectivity index (χ1n) is 9.23. The van der Waals surface area contributed by atoms with Crippen molar-refractivity contribution in [2.45, 2.75) is 39.0 Å². The van der Waals surface area contributed by atoms with Gasteiger partial charge in [-0.2, -0.15) is 0 Å². The zero-order chi connectivity index (χ0) is 19.4. The van der Waals surface area contributed by atoms with Crippen LogP contribution in [0.5, 0.6) is 0 Å². The van der Waals surface area contributed by atoms with Crippen molar-refractivity contribution in [3.05, 3.63) is 71.0 Å². The highest BCUT2D eigenvalue weighted by atomic mass is 19.1. The molecule has 2 aromatic rings. The van der Waals surface area contributed by atoms with E-state index in [1.165, 1.54) is 6.07 Å². The molecule has 0 saturated carbocycles. The lowest BCUT2D eigenvalue weighted by atomic mass is 10.0. The van der Waals surface area contributed by atoms with E-state index in [9.17, 15) is 9.18 Å². The quantitative estimate of drug-likeness (QED) is 0.627. The zero-order valence-electron chi connectivity index (χ0n) is 15.7. The van der Waals surface area contributed by atoms with Crippen LogP contribution in [0.4, 0.5) is 4.39 Å². The van der Waals surface area contributed by atoms with Crippen LogP contribution in [0.3, 0.4) is 0 Å². The maximum atomic E-state index is 14.0. The van der Waals surface area contributed by atoms with Crippen LogP contribution in [-0.2, 0) is 13.1 Å². The number of piperazine rings is 1. The van der Waals surface area contributed by atoms with E-state index >= 15 is 0 Å². The van der Waals surface area contributed by atoms with Gasteiger partial charge in [0.2, 0.25) is 0 Å². The molecule has 27 heavy (non-hydrogen) atoms. The number of hydrogen-bond donors (Lipinski definition) is 2. The Hall–Kier alpha value is -2.28. The topological polar surface area (TPSA) is 55.8 Å². The van der Waals surface area contributed by atoms with Gasteiger partial charge in [-0.1, -0.05) is 30.3 Å². The highest BCUT2D eigenvalue weighted by Gasteiger charge is 2.29. The van der Waals surface area contributed by atoms with Crippen LogP contribution in [0, 0.1) is 5.82 Å². The average Bonchev–Trinajstić information content (AvgIpc) is 2.66. The summed E-state index contributed by atoms with van der Waals surface area (Å²) in [5, 5.41) is 8.69. The van der Waals surface area contributed by atoms with E-state index in [1.807, 2.05) is 24.3 Å². The summed E-state index contributed by atoms with van der Waals surface area (Å²) in [6.45, 7) is 7.57. The van der Waals surface area contributed by atoms with E-state index in [2.05, 4.69) is 23.6 Å². The second kappa shape index (κ2) is 8.61. The average molecular weight is 371 g/mol. The van der Waals surface area contributed by atoms with Crippen LogP contribution in [0.2, 0.25) is 0 Å². The highest BCUT2D eigenvalue weighted by molar-refractivity contribution is 5.93. The number of hydrogen-bond acceptors (Lipinski definition) is 4. The number of halogens is 1. The van der Waals surface area contributed by atoms with Gasteiger partial charge in [0.15, 0.2) is 0 Å². The molecule has 1 saturated heterocycles. The minimum absolute atomic E-state index is 0.147. The third-order valence-corrected chi connectivity index (χ3v) is 5.21. The molecule has 1 fully saturated rings. The first-order chi connectivity index (χ1) is 13.0. The Balaban J connectivity index is 1.61. The van der Waals surface area contributed by atoms with E-state index in [4.69, 9.17) is 5.21 Å². The van der Waals surface area contributed by atoms with Gasteiger partial charge in [0.1, 0.15) is 5.82 Å². The molecule has 1 aliphatic rings. The van der Waals surface area contributed by atoms with Gasteiger partial charge in [0, 0.05) is 49.4 Å². The second-order valence-corrected chi connectivity index (χ2v) is 7.29. The fourth-order valence-corrected chi connectivity index (χ4v) is 3.81. The Labute approximate surface area is 159 Å². The number of rotatable bonds is 5. The van der Waals surface area contributed by atoms with E-state index in [0.29, 0.717) is 24.2 Å². The van der Waals surface area contributed by atoms with Crippen molar-refractivity contribution in [1.82, 2.24) is 15.3 Å². The smallest absolute Gasteiger partial charge is 0.274 e. The lowest BCUT2D eigenvalue weighted by molar-refractivity contribution is 0.0283. The van der Waals surface area contributed by atoms with Gasteiger partial charge in [-0.3, -0.25) is 19.8 Å². The number of hydroxylamine groups is 1. The van der Waals surface area contributed by atoms with E-state index in [0.717, 1.165) is 30.8 Å². The Bertz CT molecular complexity index is 769. The van der Waals surface area contributed by atoms with Crippen molar-refractivity contribution in [1.29, 1.82) is 0 Å². The molecule has 2 N–H and O–H groups in total. The molecule has 2 atom stereocenters. The molecule has 0 spiro atoms. The second-order valence-electron chi connectivity index (χ2n) is 7.29. The molecule has 1 aliphatic heterocycles. The van der Waals surface area contributed by atoms with Gasteiger partial charge >= 0.3 is 0 Å². The summed E-state index contributed by atoms with van der Waals surface area (Å²) in [6.07, 6.45) is 0. The fourth-order valence-electron chi connectivity index (χ4n) is 3.81. The summed E-state index contributed by atoms with van der Waals surface area (Å²) in [4.78, 5) is 16.1. The van der Waals surface area contributed by atoms with E-state index in [1.54, 1.807) is 23.7 Å². The van der Waals surface area contributed by atoms with Gasteiger partial charge in [-0.05, 0) is 37.6 Å². The molecule has 6 heteroatoms. The molecular weight excluding hydrogens is 345 g/mol. The molecule has 0 aromatic heterocycles. The van der Waals surface area contributed by atoms with Crippen molar-refractivity contribution in [2.24, 2.45) is 0 Å². The number of nitrogens with zero attached hydrogens (tertiary/aromatic N) is 2. The lowest BCUT2D eigenvalue weighted by Crippen LogP contribution is -2.55. The maximum Gasteiger partial charge on any atom is 0.274 e. The van der Waals surface area contributed by atoms with Gasteiger partial charge in [0.25, 0.3) is 5.91 Å².